The standard InChI is InChI=1S/C14H21NOS/c1-10(15-17(16)14(2,3)4)12-7-5-11-6-8-13(11)9-12/h5,7,9-10,15H,6,8H2,1-4H3/t10-,17+/m0/s1. The zero-order valence-electron chi connectivity index (χ0n) is 11.0. The summed E-state index contributed by atoms with van der Waals surface area (Å²) >= 11 is -1.01. The van der Waals surface area contributed by atoms with Gasteiger partial charge in [-0.15, -0.1) is 4.72 Å². The number of hydrogen-bond donors (Lipinski definition) is 1. The van der Waals surface area contributed by atoms with Gasteiger partial charge in [-0.2, -0.15) is 0 Å². The van der Waals surface area contributed by atoms with E-state index in [1.54, 1.807) is 0 Å². The van der Waals surface area contributed by atoms with Gasteiger partial charge in [0.15, 0.2) is 0 Å². The van der Waals surface area contributed by atoms with Gasteiger partial charge < -0.3 is 4.55 Å². The Balaban J connectivity index is 2.04. The van der Waals surface area contributed by atoms with Crippen LogP contribution >= 0.6 is 0 Å². The molecule has 0 radical (unpaired) electrons. The summed E-state index contributed by atoms with van der Waals surface area (Å²) in [4.78, 5) is 0. The van der Waals surface area contributed by atoms with Gasteiger partial charge in [-0.3, -0.25) is 0 Å². The Kier molecular flexibility index (Phi) is 3.53. The molecule has 0 saturated heterocycles. The Morgan fingerprint density at radius 3 is 2.35 bits per heavy atom. The summed E-state index contributed by atoms with van der Waals surface area (Å²) in [6.07, 6.45) is 2.41. The van der Waals surface area contributed by atoms with Gasteiger partial charge in [-0.25, -0.2) is 0 Å². The second kappa shape index (κ2) is 4.63. The SMILES string of the molecule is C[C@H](N[S@+]([O-])C(C)(C)C)c1ccc2c(c1)CC2. The fourth-order valence-electron chi connectivity index (χ4n) is 1.89. The van der Waals surface area contributed by atoms with Crippen LogP contribution in [0.25, 0.3) is 0 Å². The highest BCUT2D eigenvalue weighted by Gasteiger charge is 2.28. The molecule has 0 heterocycles. The first-order chi connectivity index (χ1) is 7.88. The summed E-state index contributed by atoms with van der Waals surface area (Å²) in [5.74, 6) is 0. The predicted molar refractivity (Wildman–Crippen MR) is 73.3 cm³/mol. The molecule has 1 aromatic rings. The van der Waals surface area contributed by atoms with Crippen LogP contribution in [-0.4, -0.2) is 9.30 Å². The molecular formula is C14H21NOS. The Hall–Kier alpha value is -0.510. The third-order valence-electron chi connectivity index (χ3n) is 3.23. The van der Waals surface area contributed by atoms with E-state index >= 15 is 0 Å². The van der Waals surface area contributed by atoms with Gasteiger partial charge in [0.25, 0.3) is 0 Å². The van der Waals surface area contributed by atoms with Gasteiger partial charge in [0.1, 0.15) is 4.75 Å². The van der Waals surface area contributed by atoms with Crippen LogP contribution < -0.4 is 4.72 Å². The zero-order chi connectivity index (χ0) is 12.6. The third-order valence-corrected chi connectivity index (χ3v) is 4.91. The van der Waals surface area contributed by atoms with Crippen molar-refractivity contribution in [1.82, 2.24) is 4.72 Å². The Labute approximate surface area is 107 Å². The van der Waals surface area contributed by atoms with Crippen molar-refractivity contribution in [3.8, 4) is 0 Å². The van der Waals surface area contributed by atoms with E-state index in [1.807, 2.05) is 20.8 Å². The van der Waals surface area contributed by atoms with Crippen LogP contribution in [0.1, 0.15) is 50.4 Å². The van der Waals surface area contributed by atoms with E-state index in [-0.39, 0.29) is 10.8 Å². The number of fused-ring (bicyclic) bond motifs is 1. The van der Waals surface area contributed by atoms with E-state index in [9.17, 15) is 4.55 Å². The van der Waals surface area contributed by atoms with E-state index in [2.05, 4.69) is 29.8 Å². The van der Waals surface area contributed by atoms with Crippen molar-refractivity contribution in [3.05, 3.63) is 34.9 Å². The van der Waals surface area contributed by atoms with Crippen LogP contribution in [0, 0.1) is 0 Å². The fourth-order valence-corrected chi connectivity index (χ4v) is 2.70. The van der Waals surface area contributed by atoms with Crippen LogP contribution in [0.2, 0.25) is 0 Å². The fraction of sp³-hybridized carbons (Fsp3) is 0.571. The van der Waals surface area contributed by atoms with Crippen LogP contribution in [-0.2, 0) is 24.2 Å². The second-order valence-corrected chi connectivity index (χ2v) is 7.75. The minimum Gasteiger partial charge on any atom is -0.598 e. The van der Waals surface area contributed by atoms with E-state index in [0.29, 0.717) is 0 Å². The highest BCUT2D eigenvalue weighted by atomic mass is 32.2. The quantitative estimate of drug-likeness (QED) is 0.838. The molecule has 0 bridgehead atoms. The normalized spacial score (nSPS) is 18.2. The first-order valence-electron chi connectivity index (χ1n) is 6.17. The highest BCUT2D eigenvalue weighted by molar-refractivity contribution is 7.90. The molecule has 0 unspecified atom stereocenters. The average molecular weight is 251 g/mol. The number of nitrogens with one attached hydrogen (secondary N) is 1. The maximum Gasteiger partial charge on any atom is 0.136 e. The molecule has 2 atom stereocenters. The Bertz CT molecular complexity index is 411. The van der Waals surface area contributed by atoms with Gasteiger partial charge in [0, 0.05) is 11.4 Å². The molecule has 2 nitrogen and oxygen atoms in total. The first-order valence-corrected chi connectivity index (χ1v) is 7.32. The average Bonchev–Trinajstić information content (AvgIpc) is 2.18. The van der Waals surface area contributed by atoms with E-state index in [4.69, 9.17) is 0 Å². The molecule has 1 N–H and O–H groups in total. The molecule has 3 heteroatoms. The molecule has 94 valence electrons. The van der Waals surface area contributed by atoms with Crippen molar-refractivity contribution in [1.29, 1.82) is 0 Å². The van der Waals surface area contributed by atoms with Crippen LogP contribution in [0.15, 0.2) is 18.2 Å². The lowest BCUT2D eigenvalue weighted by Crippen LogP contribution is -2.40. The minimum atomic E-state index is -1.01. The van der Waals surface area contributed by atoms with Crippen LogP contribution in [0.3, 0.4) is 0 Å². The molecule has 0 fully saturated rings. The van der Waals surface area contributed by atoms with Crippen molar-refractivity contribution < 1.29 is 4.55 Å². The Morgan fingerprint density at radius 1 is 1.24 bits per heavy atom. The molecule has 17 heavy (non-hydrogen) atoms. The molecule has 0 aromatic heterocycles. The molecule has 1 aromatic carbocycles. The van der Waals surface area contributed by atoms with Gasteiger partial charge in [-0.05, 0) is 57.2 Å². The number of hydrogen-bond acceptors (Lipinski definition) is 2. The van der Waals surface area contributed by atoms with Gasteiger partial charge in [0.05, 0.1) is 6.04 Å². The van der Waals surface area contributed by atoms with E-state index in [0.717, 1.165) is 0 Å². The minimum absolute atomic E-state index is 0.140. The van der Waals surface area contributed by atoms with Crippen molar-refractivity contribution in [2.45, 2.75) is 51.3 Å². The molecule has 0 spiro atoms. The topological polar surface area (TPSA) is 35.1 Å². The molecule has 0 aliphatic heterocycles. The summed E-state index contributed by atoms with van der Waals surface area (Å²) in [7, 11) is 0. The molecule has 0 saturated carbocycles. The monoisotopic (exact) mass is 251 g/mol. The third kappa shape index (κ3) is 2.84. The number of rotatable bonds is 3. The number of benzene rings is 1. The molecule has 2 rings (SSSR count). The molecule has 1 aliphatic rings. The highest BCUT2D eigenvalue weighted by Crippen LogP contribution is 2.27. The van der Waals surface area contributed by atoms with Crippen molar-refractivity contribution in [2.24, 2.45) is 0 Å². The van der Waals surface area contributed by atoms with Gasteiger partial charge in [-0.1, -0.05) is 18.2 Å². The molecule has 1 aliphatic carbocycles. The van der Waals surface area contributed by atoms with Crippen LogP contribution in [0.5, 0.6) is 0 Å². The predicted octanol–water partition coefficient (Wildman–Crippen LogP) is 2.90. The van der Waals surface area contributed by atoms with Gasteiger partial charge in [0.2, 0.25) is 0 Å². The summed E-state index contributed by atoms with van der Waals surface area (Å²) in [5, 5.41) is 0. The summed E-state index contributed by atoms with van der Waals surface area (Å²) < 4.78 is 15.0. The van der Waals surface area contributed by atoms with Crippen molar-refractivity contribution in [3.63, 3.8) is 0 Å². The van der Waals surface area contributed by atoms with Crippen molar-refractivity contribution >= 4 is 11.4 Å². The lowest BCUT2D eigenvalue weighted by molar-refractivity contribution is 0.531. The van der Waals surface area contributed by atoms with Gasteiger partial charge >= 0.3 is 0 Å². The summed E-state index contributed by atoms with van der Waals surface area (Å²) in [6, 6.07) is 6.74. The Morgan fingerprint density at radius 2 is 1.88 bits per heavy atom. The maximum atomic E-state index is 12.0. The number of aryl methyl sites for hydroxylation is 2. The van der Waals surface area contributed by atoms with Crippen LogP contribution in [0.4, 0.5) is 0 Å². The van der Waals surface area contributed by atoms with E-state index in [1.165, 1.54) is 29.5 Å². The first kappa shape index (κ1) is 12.9. The summed E-state index contributed by atoms with van der Waals surface area (Å²) in [6.45, 7) is 8.03. The smallest absolute Gasteiger partial charge is 0.136 e. The maximum absolute atomic E-state index is 12.0. The van der Waals surface area contributed by atoms with E-state index < -0.39 is 11.4 Å². The molecular weight excluding hydrogens is 230 g/mol. The zero-order valence-corrected chi connectivity index (χ0v) is 11.9. The van der Waals surface area contributed by atoms with Crippen molar-refractivity contribution in [2.75, 3.05) is 0 Å². The second-order valence-electron chi connectivity index (χ2n) is 5.75. The summed E-state index contributed by atoms with van der Waals surface area (Å²) in [5.41, 5.74) is 4.16. The molecule has 0 amide bonds. The lowest BCUT2D eigenvalue weighted by Gasteiger charge is -2.27. The lowest BCUT2D eigenvalue weighted by atomic mass is 9.86. The largest absolute Gasteiger partial charge is 0.598 e.